The van der Waals surface area contributed by atoms with E-state index in [4.69, 9.17) is 20.0 Å². The fourth-order valence-electron chi connectivity index (χ4n) is 2.26. The third-order valence-electron chi connectivity index (χ3n) is 3.39. The lowest BCUT2D eigenvalue weighted by molar-refractivity contribution is -0.130. The van der Waals surface area contributed by atoms with Crippen molar-refractivity contribution >= 4 is 21.8 Å². The normalized spacial score (nSPS) is 9.80. The van der Waals surface area contributed by atoms with Crippen molar-refractivity contribution in [2.75, 3.05) is 26.3 Å². The molecule has 0 N–H and O–H groups in total. The zero-order valence-corrected chi connectivity index (χ0v) is 16.1. The zero-order valence-electron chi connectivity index (χ0n) is 14.5. The van der Waals surface area contributed by atoms with Crippen molar-refractivity contribution in [2.24, 2.45) is 0 Å². The molecule has 0 saturated carbocycles. The minimum atomic E-state index is -0.127. The molecule has 0 saturated heterocycles. The molecule has 0 bridgehead atoms. The van der Waals surface area contributed by atoms with Gasteiger partial charge in [0.1, 0.15) is 0 Å². The Bertz CT molecular complexity index is 647. The summed E-state index contributed by atoms with van der Waals surface area (Å²) in [5, 5.41) is 17.5. The highest BCUT2D eigenvalue weighted by atomic mass is 79.9. The maximum absolute atomic E-state index is 12.6. The van der Waals surface area contributed by atoms with Crippen molar-refractivity contribution in [2.45, 2.75) is 33.1 Å². The van der Waals surface area contributed by atoms with E-state index in [-0.39, 0.29) is 25.2 Å². The van der Waals surface area contributed by atoms with Crippen molar-refractivity contribution in [3.63, 3.8) is 0 Å². The van der Waals surface area contributed by atoms with Gasteiger partial charge in [-0.15, -0.1) is 0 Å². The zero-order chi connectivity index (χ0) is 18.7. The van der Waals surface area contributed by atoms with Crippen LogP contribution in [0.25, 0.3) is 0 Å². The van der Waals surface area contributed by atoms with Gasteiger partial charge >= 0.3 is 0 Å². The Balaban J connectivity index is 2.98. The van der Waals surface area contributed by atoms with Crippen LogP contribution in [0, 0.1) is 22.7 Å². The van der Waals surface area contributed by atoms with E-state index < -0.39 is 0 Å². The number of rotatable bonds is 10. The van der Waals surface area contributed by atoms with Crippen molar-refractivity contribution in [3.8, 4) is 23.6 Å². The van der Waals surface area contributed by atoms with E-state index in [1.54, 1.807) is 17.0 Å². The van der Waals surface area contributed by atoms with Crippen molar-refractivity contribution < 1.29 is 14.3 Å². The molecule has 1 aromatic carbocycles. The predicted molar refractivity (Wildman–Crippen MR) is 97.2 cm³/mol. The second-order valence-electron chi connectivity index (χ2n) is 5.13. The first-order valence-corrected chi connectivity index (χ1v) is 8.96. The molecule has 7 heteroatoms. The van der Waals surface area contributed by atoms with Gasteiger partial charge in [-0.1, -0.05) is 15.9 Å². The van der Waals surface area contributed by atoms with Gasteiger partial charge in [0, 0.05) is 17.6 Å². The van der Waals surface area contributed by atoms with Gasteiger partial charge in [-0.05, 0) is 31.5 Å². The van der Waals surface area contributed by atoms with Crippen LogP contribution in [0.3, 0.4) is 0 Å². The van der Waals surface area contributed by atoms with Crippen LogP contribution in [0.1, 0.15) is 32.3 Å². The Morgan fingerprint density at radius 3 is 2.08 bits per heavy atom. The Hall–Kier alpha value is -2.25. The van der Waals surface area contributed by atoms with Crippen LogP contribution in [-0.4, -0.2) is 37.1 Å². The third kappa shape index (κ3) is 6.64. The molecule has 1 amide bonds. The van der Waals surface area contributed by atoms with E-state index in [2.05, 4.69) is 15.9 Å². The number of carbonyl (C=O) groups excluding carboxylic acids is 1. The standard InChI is InChI=1S/C18H22BrN3O3/c1-3-24-16-11-14(15(19)13-17(16)25-4-2)12-18(23)22(9-5-7-20)10-6-8-21/h11,13H,3-6,9-10,12H2,1-2H3. The van der Waals surface area contributed by atoms with Crippen molar-refractivity contribution in [1.29, 1.82) is 10.5 Å². The fraction of sp³-hybridized carbons (Fsp3) is 0.500. The SMILES string of the molecule is CCOc1cc(Br)c(CC(=O)N(CCC#N)CCC#N)cc1OCC. The van der Waals surface area contributed by atoms with Gasteiger partial charge in [0.2, 0.25) is 5.91 Å². The van der Waals surface area contributed by atoms with E-state index >= 15 is 0 Å². The van der Waals surface area contributed by atoms with Gasteiger partial charge in [0.15, 0.2) is 11.5 Å². The summed E-state index contributed by atoms with van der Waals surface area (Å²) in [6.07, 6.45) is 0.640. The summed E-state index contributed by atoms with van der Waals surface area (Å²) in [5.74, 6) is 1.09. The summed E-state index contributed by atoms with van der Waals surface area (Å²) in [7, 11) is 0. The number of amides is 1. The molecule has 0 spiro atoms. The average molecular weight is 408 g/mol. The monoisotopic (exact) mass is 407 g/mol. The Morgan fingerprint density at radius 1 is 1.08 bits per heavy atom. The first-order valence-electron chi connectivity index (χ1n) is 8.17. The number of ether oxygens (including phenoxy) is 2. The molecule has 0 atom stereocenters. The number of hydrogen-bond donors (Lipinski definition) is 0. The Morgan fingerprint density at radius 2 is 1.60 bits per heavy atom. The third-order valence-corrected chi connectivity index (χ3v) is 4.13. The van der Waals surface area contributed by atoms with E-state index in [1.807, 2.05) is 26.0 Å². The summed E-state index contributed by atoms with van der Waals surface area (Å²) < 4.78 is 11.9. The lowest BCUT2D eigenvalue weighted by Crippen LogP contribution is -2.34. The van der Waals surface area contributed by atoms with Gasteiger partial charge in [-0.2, -0.15) is 10.5 Å². The maximum Gasteiger partial charge on any atom is 0.227 e. The molecule has 0 aliphatic carbocycles. The average Bonchev–Trinajstić information content (AvgIpc) is 2.59. The molecule has 134 valence electrons. The molecule has 0 aliphatic rings. The van der Waals surface area contributed by atoms with Gasteiger partial charge in [-0.25, -0.2) is 0 Å². The molecule has 1 aromatic rings. The van der Waals surface area contributed by atoms with Crippen LogP contribution in [-0.2, 0) is 11.2 Å². The van der Waals surface area contributed by atoms with Gasteiger partial charge < -0.3 is 14.4 Å². The molecule has 0 aliphatic heterocycles. The van der Waals surface area contributed by atoms with Gasteiger partial charge in [-0.3, -0.25) is 4.79 Å². The van der Waals surface area contributed by atoms with Crippen LogP contribution in [0.4, 0.5) is 0 Å². The van der Waals surface area contributed by atoms with E-state index in [0.717, 1.165) is 10.0 Å². The highest BCUT2D eigenvalue weighted by Gasteiger charge is 2.17. The lowest BCUT2D eigenvalue weighted by Gasteiger charge is -2.21. The molecule has 0 radical (unpaired) electrons. The second kappa shape index (κ2) is 11.3. The van der Waals surface area contributed by atoms with Crippen LogP contribution in [0.15, 0.2) is 16.6 Å². The molecular weight excluding hydrogens is 386 g/mol. The van der Waals surface area contributed by atoms with Gasteiger partial charge in [0.25, 0.3) is 0 Å². The maximum atomic E-state index is 12.6. The molecule has 0 aromatic heterocycles. The summed E-state index contributed by atoms with van der Waals surface area (Å²) >= 11 is 3.47. The molecule has 25 heavy (non-hydrogen) atoms. The number of benzene rings is 1. The van der Waals surface area contributed by atoms with Crippen molar-refractivity contribution in [1.82, 2.24) is 4.90 Å². The molecule has 0 heterocycles. The quantitative estimate of drug-likeness (QED) is 0.592. The minimum Gasteiger partial charge on any atom is -0.490 e. The van der Waals surface area contributed by atoms with Crippen molar-refractivity contribution in [3.05, 3.63) is 22.2 Å². The van der Waals surface area contributed by atoms with E-state index in [0.29, 0.717) is 37.8 Å². The van der Waals surface area contributed by atoms with E-state index in [1.165, 1.54) is 0 Å². The number of carbonyl (C=O) groups is 1. The topological polar surface area (TPSA) is 86.4 Å². The summed E-state index contributed by atoms with van der Waals surface area (Å²) in [6, 6.07) is 7.65. The van der Waals surface area contributed by atoms with Crippen LogP contribution < -0.4 is 9.47 Å². The summed E-state index contributed by atoms with van der Waals surface area (Å²) in [4.78, 5) is 14.1. The minimum absolute atomic E-state index is 0.127. The predicted octanol–water partition coefficient (Wildman–Crippen LogP) is 3.44. The largest absolute Gasteiger partial charge is 0.490 e. The number of halogens is 1. The molecular formula is C18H22BrN3O3. The molecule has 1 rings (SSSR count). The highest BCUT2D eigenvalue weighted by molar-refractivity contribution is 9.10. The van der Waals surface area contributed by atoms with E-state index in [9.17, 15) is 4.79 Å². The smallest absolute Gasteiger partial charge is 0.227 e. The Labute approximate surface area is 157 Å². The Kier molecular flexibility index (Phi) is 9.42. The molecule has 6 nitrogen and oxygen atoms in total. The fourth-order valence-corrected chi connectivity index (χ4v) is 2.72. The van der Waals surface area contributed by atoms with Crippen LogP contribution >= 0.6 is 15.9 Å². The first-order chi connectivity index (χ1) is 12.1. The second-order valence-corrected chi connectivity index (χ2v) is 5.98. The number of hydrogen-bond acceptors (Lipinski definition) is 5. The molecule has 0 unspecified atom stereocenters. The van der Waals surface area contributed by atoms with Gasteiger partial charge in [0.05, 0.1) is 44.6 Å². The number of nitrogens with zero attached hydrogens (tertiary/aromatic N) is 3. The van der Waals surface area contributed by atoms with Crippen LogP contribution in [0.2, 0.25) is 0 Å². The summed E-state index contributed by atoms with van der Waals surface area (Å²) in [5.41, 5.74) is 0.774. The lowest BCUT2D eigenvalue weighted by atomic mass is 10.1. The van der Waals surface area contributed by atoms with Crippen LogP contribution in [0.5, 0.6) is 11.5 Å². The first kappa shape index (κ1) is 20.8. The highest BCUT2D eigenvalue weighted by Crippen LogP contribution is 2.34. The molecule has 0 fully saturated rings. The number of nitriles is 2. The summed E-state index contributed by atoms with van der Waals surface area (Å²) in [6.45, 7) is 5.43.